The molecule has 158 valence electrons. The zero-order chi connectivity index (χ0) is 21.0. The van der Waals surface area contributed by atoms with Crippen LogP contribution in [0.2, 0.25) is 0 Å². The maximum atomic E-state index is 12.8. The average Bonchev–Trinajstić information content (AvgIpc) is 3.20. The molecular weight excluding hydrogens is 406 g/mol. The van der Waals surface area contributed by atoms with Crippen molar-refractivity contribution >= 4 is 21.6 Å². The Balaban J connectivity index is 1.43. The summed E-state index contributed by atoms with van der Waals surface area (Å²) in [5, 5.41) is 6.79. The van der Waals surface area contributed by atoms with Crippen molar-refractivity contribution in [3.8, 4) is 0 Å². The number of nitrogens with zero attached hydrogens (tertiary/aromatic N) is 1. The molecule has 0 aliphatic carbocycles. The van der Waals surface area contributed by atoms with Crippen LogP contribution in [0.25, 0.3) is 0 Å². The van der Waals surface area contributed by atoms with Crippen LogP contribution in [0.5, 0.6) is 0 Å². The highest BCUT2D eigenvalue weighted by atomic mass is 32.2. The van der Waals surface area contributed by atoms with E-state index in [1.165, 1.54) is 12.1 Å². The molecule has 0 radical (unpaired) electrons. The predicted molar refractivity (Wildman–Crippen MR) is 110 cm³/mol. The van der Waals surface area contributed by atoms with Gasteiger partial charge in [0, 0.05) is 19.6 Å². The number of carbonyl (C=O) groups is 1. The minimum atomic E-state index is -3.74. The fourth-order valence-corrected chi connectivity index (χ4v) is 4.95. The topological polar surface area (TPSA) is 106 Å². The van der Waals surface area contributed by atoms with Gasteiger partial charge in [0.05, 0.1) is 17.5 Å². The van der Waals surface area contributed by atoms with Gasteiger partial charge in [0.25, 0.3) is 5.91 Å². The van der Waals surface area contributed by atoms with E-state index in [9.17, 15) is 13.2 Å². The molecule has 0 unspecified atom stereocenters. The Morgan fingerprint density at radius 1 is 1.10 bits per heavy atom. The van der Waals surface area contributed by atoms with Crippen LogP contribution in [0.4, 0.5) is 0 Å². The molecule has 30 heavy (non-hydrogen) atoms. The summed E-state index contributed by atoms with van der Waals surface area (Å²) in [7, 11) is -3.74. The number of carbonyl (C=O) groups excluding carboxylic acids is 1. The number of nitrogens with one attached hydrogen (secondary N) is 2. The summed E-state index contributed by atoms with van der Waals surface area (Å²) in [4.78, 5) is 18.4. The van der Waals surface area contributed by atoms with Gasteiger partial charge in [-0.3, -0.25) is 4.79 Å². The van der Waals surface area contributed by atoms with E-state index in [4.69, 9.17) is 9.57 Å². The first-order chi connectivity index (χ1) is 14.5. The zero-order valence-corrected chi connectivity index (χ0v) is 17.1. The molecule has 2 aliphatic heterocycles. The van der Waals surface area contributed by atoms with Gasteiger partial charge in [-0.25, -0.2) is 13.1 Å². The largest absolute Gasteiger partial charge is 0.384 e. The molecule has 2 N–H and O–H groups in total. The van der Waals surface area contributed by atoms with Crippen LogP contribution < -0.4 is 10.0 Å². The fourth-order valence-electron chi connectivity index (χ4n) is 3.59. The van der Waals surface area contributed by atoms with Gasteiger partial charge in [-0.2, -0.15) is 0 Å². The van der Waals surface area contributed by atoms with E-state index in [-0.39, 0.29) is 29.5 Å². The van der Waals surface area contributed by atoms with Crippen LogP contribution in [0.1, 0.15) is 18.4 Å². The van der Waals surface area contributed by atoms with E-state index in [0.29, 0.717) is 19.6 Å². The summed E-state index contributed by atoms with van der Waals surface area (Å²) in [6, 6.07) is 17.1. The molecule has 2 aliphatic rings. The normalized spacial score (nSPS) is 23.6. The van der Waals surface area contributed by atoms with Gasteiger partial charge in [0.15, 0.2) is 5.60 Å². The Morgan fingerprint density at radius 2 is 1.80 bits per heavy atom. The Labute approximate surface area is 175 Å². The predicted octanol–water partition coefficient (Wildman–Crippen LogP) is 1.59. The Morgan fingerprint density at radius 3 is 2.53 bits per heavy atom. The van der Waals surface area contributed by atoms with Crippen LogP contribution >= 0.6 is 0 Å². The van der Waals surface area contributed by atoms with Gasteiger partial charge >= 0.3 is 0 Å². The quantitative estimate of drug-likeness (QED) is 0.725. The van der Waals surface area contributed by atoms with Gasteiger partial charge < -0.3 is 14.9 Å². The fraction of sp³-hybridized carbons (Fsp3) is 0.333. The first kappa shape index (κ1) is 20.5. The first-order valence-electron chi connectivity index (χ1n) is 9.71. The third-order valence-electron chi connectivity index (χ3n) is 5.25. The number of hydrogen-bond acceptors (Lipinski definition) is 6. The van der Waals surface area contributed by atoms with Crippen molar-refractivity contribution < 1.29 is 22.8 Å². The highest BCUT2D eigenvalue weighted by molar-refractivity contribution is 7.89. The monoisotopic (exact) mass is 429 g/mol. The zero-order valence-electron chi connectivity index (χ0n) is 16.3. The van der Waals surface area contributed by atoms with Gasteiger partial charge in [-0.1, -0.05) is 53.7 Å². The smallest absolute Gasteiger partial charge is 0.269 e. The first-order valence-corrected chi connectivity index (χ1v) is 11.2. The Kier molecular flexibility index (Phi) is 5.85. The molecule has 0 saturated carbocycles. The lowest BCUT2D eigenvalue weighted by Crippen LogP contribution is -2.58. The molecule has 1 amide bonds. The van der Waals surface area contributed by atoms with Crippen molar-refractivity contribution in [3.63, 3.8) is 0 Å². The minimum absolute atomic E-state index is 0.147. The molecule has 1 saturated heterocycles. The van der Waals surface area contributed by atoms with Crippen molar-refractivity contribution in [2.45, 2.75) is 35.9 Å². The molecule has 2 aromatic carbocycles. The summed E-state index contributed by atoms with van der Waals surface area (Å²) in [6.45, 7) is 0.906. The SMILES string of the molecule is O=C(NCc1ccccc1)C1=NO[C@@]2(COCC[C@@H]2NS(=O)(=O)c2ccccc2)C1. The summed E-state index contributed by atoms with van der Waals surface area (Å²) in [6.07, 6.45) is 0.579. The Hall–Kier alpha value is -2.75. The van der Waals surface area contributed by atoms with Crippen LogP contribution in [0.3, 0.4) is 0 Å². The van der Waals surface area contributed by atoms with Crippen LogP contribution in [0, 0.1) is 0 Å². The van der Waals surface area contributed by atoms with E-state index in [2.05, 4.69) is 15.2 Å². The van der Waals surface area contributed by atoms with Crippen LogP contribution in [-0.4, -0.2) is 44.9 Å². The second-order valence-electron chi connectivity index (χ2n) is 7.37. The molecule has 0 bridgehead atoms. The lowest BCUT2D eigenvalue weighted by molar-refractivity contribution is -0.126. The van der Waals surface area contributed by atoms with Crippen molar-refractivity contribution in [1.29, 1.82) is 0 Å². The van der Waals surface area contributed by atoms with E-state index in [1.54, 1.807) is 18.2 Å². The van der Waals surface area contributed by atoms with Crippen LogP contribution in [-0.2, 0) is 30.9 Å². The summed E-state index contributed by atoms with van der Waals surface area (Å²) in [5.41, 5.74) is 0.148. The maximum absolute atomic E-state index is 12.8. The number of amides is 1. The molecular formula is C21H23N3O5S. The van der Waals surface area contributed by atoms with Gasteiger partial charge in [0.2, 0.25) is 10.0 Å². The molecule has 2 heterocycles. The third-order valence-corrected chi connectivity index (χ3v) is 6.73. The molecule has 2 aromatic rings. The lowest BCUT2D eigenvalue weighted by Gasteiger charge is -2.38. The van der Waals surface area contributed by atoms with Gasteiger partial charge in [-0.15, -0.1) is 0 Å². The van der Waals surface area contributed by atoms with Crippen molar-refractivity contribution in [1.82, 2.24) is 10.0 Å². The van der Waals surface area contributed by atoms with Crippen molar-refractivity contribution in [2.24, 2.45) is 5.16 Å². The Bertz CT molecular complexity index is 1030. The number of sulfonamides is 1. The van der Waals surface area contributed by atoms with Crippen molar-refractivity contribution in [3.05, 3.63) is 66.2 Å². The molecule has 2 atom stereocenters. The summed E-state index contributed by atoms with van der Waals surface area (Å²) < 4.78 is 33.9. The highest BCUT2D eigenvalue weighted by Gasteiger charge is 2.51. The standard InChI is InChI=1S/C21H23N3O5S/c25-20(22-14-16-7-3-1-4-8-16)18-13-21(29-23-18)15-28-12-11-19(21)24-30(26,27)17-9-5-2-6-10-17/h1-10,19,24H,11-15H2,(H,22,25)/t19-,21+/m0/s1. The van der Waals surface area contributed by atoms with E-state index in [1.807, 2.05) is 30.3 Å². The number of benzene rings is 2. The minimum Gasteiger partial charge on any atom is -0.384 e. The van der Waals surface area contributed by atoms with E-state index >= 15 is 0 Å². The molecule has 9 heteroatoms. The third kappa shape index (κ3) is 4.38. The van der Waals surface area contributed by atoms with Crippen molar-refractivity contribution in [2.75, 3.05) is 13.2 Å². The summed E-state index contributed by atoms with van der Waals surface area (Å²) >= 11 is 0. The molecule has 1 spiro atoms. The maximum Gasteiger partial charge on any atom is 0.269 e. The number of oxime groups is 1. The molecule has 1 fully saturated rings. The number of ether oxygens (including phenoxy) is 1. The highest BCUT2D eigenvalue weighted by Crippen LogP contribution is 2.33. The average molecular weight is 429 g/mol. The van der Waals surface area contributed by atoms with Crippen LogP contribution in [0.15, 0.2) is 70.7 Å². The molecule has 0 aromatic heterocycles. The number of rotatable bonds is 6. The number of hydrogen-bond donors (Lipinski definition) is 2. The van der Waals surface area contributed by atoms with Gasteiger partial charge in [-0.05, 0) is 24.1 Å². The van der Waals surface area contributed by atoms with E-state index in [0.717, 1.165) is 5.56 Å². The summed E-state index contributed by atoms with van der Waals surface area (Å²) in [5.74, 6) is -0.342. The van der Waals surface area contributed by atoms with Gasteiger partial charge in [0.1, 0.15) is 5.71 Å². The second kappa shape index (κ2) is 8.55. The second-order valence-corrected chi connectivity index (χ2v) is 9.08. The van der Waals surface area contributed by atoms with E-state index < -0.39 is 21.7 Å². The lowest BCUT2D eigenvalue weighted by atomic mass is 9.86. The molecule has 4 rings (SSSR count). The molecule has 8 nitrogen and oxygen atoms in total.